The molecule has 4 heterocycles. The molecule has 0 spiro atoms. The van der Waals surface area contributed by atoms with Crippen molar-refractivity contribution < 1.29 is 4.79 Å². The lowest BCUT2D eigenvalue weighted by Crippen LogP contribution is -2.36. The molecule has 4 rings (SSSR count). The van der Waals surface area contributed by atoms with Crippen molar-refractivity contribution in [3.63, 3.8) is 0 Å². The molecule has 2 N–H and O–H groups in total. The van der Waals surface area contributed by atoms with Crippen LogP contribution in [0.15, 0.2) is 17.8 Å². The summed E-state index contributed by atoms with van der Waals surface area (Å²) in [7, 11) is 0. The average molecular weight is 342 g/mol. The predicted molar refractivity (Wildman–Crippen MR) is 93.7 cm³/mol. The van der Waals surface area contributed by atoms with Crippen LogP contribution in [0, 0.1) is 13.8 Å². The minimum Gasteiger partial charge on any atom is -0.354 e. The molecule has 1 unspecified atom stereocenters. The van der Waals surface area contributed by atoms with E-state index in [0.717, 1.165) is 39.5 Å². The van der Waals surface area contributed by atoms with Gasteiger partial charge in [0.1, 0.15) is 5.82 Å². The van der Waals surface area contributed by atoms with E-state index in [4.69, 9.17) is 0 Å². The van der Waals surface area contributed by atoms with Gasteiger partial charge >= 0.3 is 0 Å². The number of aryl methyl sites for hydroxylation is 2. The highest BCUT2D eigenvalue weighted by Crippen LogP contribution is 2.31. The van der Waals surface area contributed by atoms with Crippen molar-refractivity contribution in [2.45, 2.75) is 32.7 Å². The Morgan fingerprint density at radius 3 is 3.04 bits per heavy atom. The molecule has 0 aromatic carbocycles. The lowest BCUT2D eigenvalue weighted by atomic mass is 10.1. The minimum absolute atomic E-state index is 0.115. The van der Waals surface area contributed by atoms with Crippen LogP contribution in [0.2, 0.25) is 0 Å². The van der Waals surface area contributed by atoms with E-state index in [0.29, 0.717) is 13.0 Å². The normalized spacial score (nSPS) is 17.9. The van der Waals surface area contributed by atoms with Crippen LogP contribution in [0.3, 0.4) is 0 Å². The molecule has 7 nitrogen and oxygen atoms in total. The Morgan fingerprint density at radius 2 is 2.25 bits per heavy atom. The number of nitrogens with zero attached hydrogens (tertiary/aromatic N) is 4. The van der Waals surface area contributed by atoms with Crippen LogP contribution in [-0.2, 0) is 4.79 Å². The number of aromatic nitrogens is 4. The lowest BCUT2D eigenvalue weighted by molar-refractivity contribution is -0.122. The first-order valence-corrected chi connectivity index (χ1v) is 8.78. The lowest BCUT2D eigenvalue weighted by Gasteiger charge is -2.22. The molecule has 1 saturated heterocycles. The van der Waals surface area contributed by atoms with Gasteiger partial charge in [0.25, 0.3) is 0 Å². The Morgan fingerprint density at radius 1 is 1.38 bits per heavy atom. The molecule has 3 aromatic heterocycles. The third-order valence-electron chi connectivity index (χ3n) is 4.18. The summed E-state index contributed by atoms with van der Waals surface area (Å²) in [5.41, 5.74) is 3.05. The highest BCUT2D eigenvalue weighted by molar-refractivity contribution is 7.18. The molecule has 124 valence electrons. The van der Waals surface area contributed by atoms with Crippen LogP contribution in [0.4, 0.5) is 11.5 Å². The second-order valence-corrected chi connectivity index (χ2v) is 6.93. The molecular formula is C16H18N6OS. The largest absolute Gasteiger partial charge is 0.354 e. The van der Waals surface area contributed by atoms with E-state index in [9.17, 15) is 4.79 Å². The molecule has 0 radical (unpaired) electrons. The standard InChI is InChI=1S/C16H18N6OS/c1-9-8-24-15-14(9)19-10(2)20-16(15)21-11-5-18-22(7-11)12-3-4-13(23)17-6-12/h5,7-8,12H,3-4,6H2,1-2H3,(H,17,23)(H,19,20,21). The summed E-state index contributed by atoms with van der Waals surface area (Å²) in [5.74, 6) is 1.67. The summed E-state index contributed by atoms with van der Waals surface area (Å²) in [6, 6.07) is 0.203. The van der Waals surface area contributed by atoms with E-state index in [1.807, 2.05) is 17.8 Å². The number of amides is 1. The first-order chi connectivity index (χ1) is 11.6. The SMILES string of the molecule is Cc1nc(Nc2cnn(C3CCC(=O)NC3)c2)c2scc(C)c2n1. The van der Waals surface area contributed by atoms with Crippen molar-refractivity contribution in [2.24, 2.45) is 0 Å². The zero-order chi connectivity index (χ0) is 16.7. The summed E-state index contributed by atoms with van der Waals surface area (Å²) in [6.07, 6.45) is 5.12. The maximum absolute atomic E-state index is 11.3. The molecule has 0 bridgehead atoms. The fraction of sp³-hybridized carbons (Fsp3) is 0.375. The molecule has 1 fully saturated rings. The van der Waals surface area contributed by atoms with Gasteiger partial charge in [-0.3, -0.25) is 9.48 Å². The topological polar surface area (TPSA) is 84.7 Å². The summed E-state index contributed by atoms with van der Waals surface area (Å²) in [6.45, 7) is 4.58. The molecule has 1 amide bonds. The number of thiophene rings is 1. The number of carbonyl (C=O) groups excluding carboxylic acids is 1. The molecule has 1 aliphatic rings. The molecule has 24 heavy (non-hydrogen) atoms. The highest BCUT2D eigenvalue weighted by Gasteiger charge is 2.20. The van der Waals surface area contributed by atoms with Gasteiger partial charge in [-0.2, -0.15) is 5.10 Å². The Hall–Kier alpha value is -2.48. The van der Waals surface area contributed by atoms with Gasteiger partial charge in [-0.25, -0.2) is 9.97 Å². The second kappa shape index (κ2) is 5.86. The van der Waals surface area contributed by atoms with Crippen molar-refractivity contribution in [3.05, 3.63) is 29.2 Å². The van der Waals surface area contributed by atoms with Gasteiger partial charge in [0.15, 0.2) is 5.82 Å². The number of hydrogen-bond acceptors (Lipinski definition) is 6. The van der Waals surface area contributed by atoms with Crippen LogP contribution >= 0.6 is 11.3 Å². The minimum atomic E-state index is 0.115. The molecular weight excluding hydrogens is 324 g/mol. The van der Waals surface area contributed by atoms with E-state index in [1.54, 1.807) is 17.5 Å². The fourth-order valence-electron chi connectivity index (χ4n) is 2.91. The molecule has 0 aliphatic carbocycles. The first-order valence-electron chi connectivity index (χ1n) is 7.90. The number of fused-ring (bicyclic) bond motifs is 1. The number of piperidine rings is 1. The van der Waals surface area contributed by atoms with Crippen molar-refractivity contribution >= 4 is 39.0 Å². The number of anilines is 2. The van der Waals surface area contributed by atoms with Crippen LogP contribution in [-0.4, -0.2) is 32.2 Å². The van der Waals surface area contributed by atoms with Gasteiger partial charge in [-0.05, 0) is 31.2 Å². The van der Waals surface area contributed by atoms with E-state index in [-0.39, 0.29) is 11.9 Å². The third kappa shape index (κ3) is 2.73. The Balaban J connectivity index is 1.59. The van der Waals surface area contributed by atoms with E-state index in [1.165, 1.54) is 0 Å². The van der Waals surface area contributed by atoms with Crippen molar-refractivity contribution in [1.82, 2.24) is 25.1 Å². The van der Waals surface area contributed by atoms with Crippen LogP contribution in [0.1, 0.15) is 30.3 Å². The predicted octanol–water partition coefficient (Wildman–Crippen LogP) is 2.70. The van der Waals surface area contributed by atoms with E-state index in [2.05, 4.69) is 38.0 Å². The highest BCUT2D eigenvalue weighted by atomic mass is 32.1. The number of rotatable bonds is 3. The van der Waals surface area contributed by atoms with Gasteiger partial charge < -0.3 is 10.6 Å². The van der Waals surface area contributed by atoms with Gasteiger partial charge in [0.05, 0.1) is 28.1 Å². The molecule has 1 aliphatic heterocycles. The summed E-state index contributed by atoms with van der Waals surface area (Å²) >= 11 is 1.64. The van der Waals surface area contributed by atoms with E-state index < -0.39 is 0 Å². The Labute approximate surface area is 143 Å². The third-order valence-corrected chi connectivity index (χ3v) is 5.28. The van der Waals surface area contributed by atoms with Crippen molar-refractivity contribution in [1.29, 1.82) is 0 Å². The van der Waals surface area contributed by atoms with Crippen molar-refractivity contribution in [2.75, 3.05) is 11.9 Å². The zero-order valence-electron chi connectivity index (χ0n) is 13.5. The van der Waals surface area contributed by atoms with Gasteiger partial charge in [-0.1, -0.05) is 0 Å². The Kier molecular flexibility index (Phi) is 3.68. The smallest absolute Gasteiger partial charge is 0.220 e. The van der Waals surface area contributed by atoms with E-state index >= 15 is 0 Å². The Bertz CT molecular complexity index is 905. The number of hydrogen-bond donors (Lipinski definition) is 2. The average Bonchev–Trinajstić information content (AvgIpc) is 3.16. The zero-order valence-corrected chi connectivity index (χ0v) is 14.4. The maximum atomic E-state index is 11.3. The van der Waals surface area contributed by atoms with Crippen LogP contribution in [0.25, 0.3) is 10.2 Å². The summed E-state index contributed by atoms with van der Waals surface area (Å²) < 4.78 is 2.96. The number of carbonyl (C=O) groups is 1. The van der Waals surface area contributed by atoms with Gasteiger partial charge in [0.2, 0.25) is 5.91 Å². The van der Waals surface area contributed by atoms with Gasteiger partial charge in [0, 0.05) is 19.2 Å². The molecule has 0 saturated carbocycles. The summed E-state index contributed by atoms with van der Waals surface area (Å²) in [4.78, 5) is 20.3. The van der Waals surface area contributed by atoms with Gasteiger partial charge in [-0.15, -0.1) is 11.3 Å². The summed E-state index contributed by atoms with van der Waals surface area (Å²) in [5, 5.41) is 12.8. The number of nitrogens with one attached hydrogen (secondary N) is 2. The second-order valence-electron chi connectivity index (χ2n) is 6.05. The van der Waals surface area contributed by atoms with Crippen LogP contribution in [0.5, 0.6) is 0 Å². The molecule has 1 atom stereocenters. The molecule has 3 aromatic rings. The molecule has 8 heteroatoms. The quantitative estimate of drug-likeness (QED) is 0.764. The van der Waals surface area contributed by atoms with Crippen molar-refractivity contribution in [3.8, 4) is 0 Å². The fourth-order valence-corrected chi connectivity index (χ4v) is 3.85. The maximum Gasteiger partial charge on any atom is 0.220 e. The monoisotopic (exact) mass is 342 g/mol. The van der Waals surface area contributed by atoms with Crippen LogP contribution < -0.4 is 10.6 Å². The first kappa shape index (κ1) is 15.1.